The number of anilines is 2. The normalized spacial score (nSPS) is 10.8. The maximum atomic E-state index is 5.50. The average Bonchev–Trinajstić information content (AvgIpc) is 3.15. The number of nitrogens with zero attached hydrogens (tertiary/aromatic N) is 3. The van der Waals surface area contributed by atoms with E-state index < -0.39 is 0 Å². The van der Waals surface area contributed by atoms with E-state index in [2.05, 4.69) is 37.2 Å². The van der Waals surface area contributed by atoms with E-state index >= 15 is 0 Å². The third kappa shape index (κ3) is 3.40. The van der Waals surface area contributed by atoms with Gasteiger partial charge in [-0.2, -0.15) is 0 Å². The Morgan fingerprint density at radius 1 is 0.967 bits per heavy atom. The zero-order valence-corrected chi connectivity index (χ0v) is 16.2. The van der Waals surface area contributed by atoms with Crippen LogP contribution in [0, 0.1) is 12.3 Å². The standard InChI is InChI=1S/C19H14N4O.C5H3N/c1-3-18-22-17-11-14(24-2)5-6-15(17)19(23-18)21-13-4-7-16-12(10-13)8-9-20-16;1-2-4-5(3-1)6-4/h1,4-11,20H,2H3,(H,21,22,23);1-3H. The number of aromatic amines is 1. The predicted molar refractivity (Wildman–Crippen MR) is 119 cm³/mol. The zero-order valence-electron chi connectivity index (χ0n) is 16.2. The minimum atomic E-state index is 0.334. The van der Waals surface area contributed by atoms with Crippen LogP contribution in [0.15, 0.2) is 66.9 Å². The van der Waals surface area contributed by atoms with Crippen molar-refractivity contribution in [2.45, 2.75) is 0 Å². The lowest BCUT2D eigenvalue weighted by molar-refractivity contribution is 0.415. The number of benzene rings is 2. The first-order chi connectivity index (χ1) is 14.7. The quantitative estimate of drug-likeness (QED) is 0.419. The second-order valence-corrected chi connectivity index (χ2v) is 6.74. The predicted octanol–water partition coefficient (Wildman–Crippen LogP) is 4.91. The number of rotatable bonds is 3. The Kier molecular flexibility index (Phi) is 4.26. The summed E-state index contributed by atoms with van der Waals surface area (Å²) in [5.41, 5.74) is 5.11. The molecule has 0 saturated heterocycles. The van der Waals surface area contributed by atoms with Crippen molar-refractivity contribution in [3.05, 3.63) is 72.7 Å². The van der Waals surface area contributed by atoms with Crippen LogP contribution in [-0.2, 0) is 0 Å². The number of aromatic nitrogens is 4. The molecule has 0 unspecified atom stereocenters. The highest BCUT2D eigenvalue weighted by Crippen LogP contribution is 2.28. The fraction of sp³-hybridized carbons (Fsp3) is 0.0417. The van der Waals surface area contributed by atoms with Gasteiger partial charge >= 0.3 is 0 Å². The van der Waals surface area contributed by atoms with E-state index in [4.69, 9.17) is 11.2 Å². The Labute approximate surface area is 173 Å². The van der Waals surface area contributed by atoms with Crippen molar-refractivity contribution in [1.29, 1.82) is 0 Å². The first-order valence-electron chi connectivity index (χ1n) is 9.37. The molecule has 4 aromatic rings. The third-order valence-electron chi connectivity index (χ3n) is 4.81. The molecule has 2 aromatic heterocycles. The number of hydrogen-bond acceptors (Lipinski definition) is 5. The summed E-state index contributed by atoms with van der Waals surface area (Å²) in [5.74, 6) is 4.23. The maximum Gasteiger partial charge on any atom is 0.207 e. The van der Waals surface area contributed by atoms with Gasteiger partial charge < -0.3 is 15.0 Å². The molecule has 0 fully saturated rings. The lowest BCUT2D eigenvalue weighted by Crippen LogP contribution is -2.00. The first kappa shape index (κ1) is 17.7. The topological polar surface area (TPSA) is 75.7 Å². The lowest BCUT2D eigenvalue weighted by Gasteiger charge is -2.10. The molecule has 6 heteroatoms. The van der Waals surface area contributed by atoms with E-state index in [1.807, 2.05) is 60.8 Å². The summed E-state index contributed by atoms with van der Waals surface area (Å²) in [6.45, 7) is 0. The molecule has 0 atom stereocenters. The van der Waals surface area contributed by atoms with Crippen molar-refractivity contribution in [3.63, 3.8) is 0 Å². The van der Waals surface area contributed by atoms with Gasteiger partial charge in [0.2, 0.25) is 5.82 Å². The number of terminal acetylenes is 1. The van der Waals surface area contributed by atoms with Crippen molar-refractivity contribution in [1.82, 2.24) is 19.9 Å². The number of H-pyrrole nitrogens is 1. The molecule has 30 heavy (non-hydrogen) atoms. The van der Waals surface area contributed by atoms with Gasteiger partial charge in [-0.1, -0.05) is 6.07 Å². The molecule has 0 spiro atoms. The SMILES string of the molecule is C#Cc1nc(Nc2ccc3[nH]ccc3c2)c2ccc(OC)cc2n1.c1cc2nc-2c1. The van der Waals surface area contributed by atoms with Gasteiger partial charge in [0.25, 0.3) is 0 Å². The van der Waals surface area contributed by atoms with Crippen LogP contribution in [0.2, 0.25) is 0 Å². The smallest absolute Gasteiger partial charge is 0.207 e. The monoisotopic (exact) mass is 391 g/mol. The number of nitrogens with one attached hydrogen (secondary N) is 2. The first-order valence-corrected chi connectivity index (χ1v) is 9.37. The fourth-order valence-corrected chi connectivity index (χ4v) is 3.24. The Morgan fingerprint density at radius 3 is 2.53 bits per heavy atom. The van der Waals surface area contributed by atoms with E-state index in [-0.39, 0.29) is 0 Å². The highest BCUT2D eigenvalue weighted by molar-refractivity contribution is 5.93. The number of pyridine rings is 1. The second-order valence-electron chi connectivity index (χ2n) is 6.74. The molecule has 0 bridgehead atoms. The summed E-state index contributed by atoms with van der Waals surface area (Å²) in [6, 6.07) is 19.8. The Morgan fingerprint density at radius 2 is 1.83 bits per heavy atom. The minimum Gasteiger partial charge on any atom is -0.497 e. The van der Waals surface area contributed by atoms with E-state index in [0.29, 0.717) is 11.6 Å². The van der Waals surface area contributed by atoms with Crippen LogP contribution in [0.25, 0.3) is 33.2 Å². The molecule has 6 nitrogen and oxygen atoms in total. The summed E-state index contributed by atoms with van der Waals surface area (Å²) < 4.78 is 5.26. The molecule has 0 radical (unpaired) electrons. The van der Waals surface area contributed by atoms with Crippen LogP contribution in [0.3, 0.4) is 0 Å². The molecule has 0 saturated carbocycles. The molecule has 1 aliphatic heterocycles. The van der Waals surface area contributed by atoms with Crippen LogP contribution in [-0.4, -0.2) is 27.0 Å². The molecule has 2 aliphatic rings. The van der Waals surface area contributed by atoms with Gasteiger partial charge in [0.1, 0.15) is 11.6 Å². The summed E-state index contributed by atoms with van der Waals surface area (Å²) in [4.78, 5) is 15.9. The molecule has 6 rings (SSSR count). The summed E-state index contributed by atoms with van der Waals surface area (Å²) >= 11 is 0. The second kappa shape index (κ2) is 7.22. The maximum absolute atomic E-state index is 5.50. The van der Waals surface area contributed by atoms with E-state index in [1.54, 1.807) is 7.11 Å². The van der Waals surface area contributed by atoms with Crippen molar-refractivity contribution in [2.24, 2.45) is 0 Å². The Hall–Kier alpha value is -4.37. The lowest BCUT2D eigenvalue weighted by atomic mass is 10.2. The van der Waals surface area contributed by atoms with Crippen molar-refractivity contribution >= 4 is 33.3 Å². The van der Waals surface area contributed by atoms with Crippen LogP contribution >= 0.6 is 0 Å². The summed E-state index contributed by atoms with van der Waals surface area (Å²) in [6.07, 6.45) is 7.41. The van der Waals surface area contributed by atoms with Gasteiger partial charge in [-0.3, -0.25) is 0 Å². The highest BCUT2D eigenvalue weighted by atomic mass is 16.5. The van der Waals surface area contributed by atoms with Crippen molar-refractivity contribution in [2.75, 3.05) is 12.4 Å². The number of hydrogen-bond donors (Lipinski definition) is 2. The van der Waals surface area contributed by atoms with Crippen LogP contribution in [0.4, 0.5) is 11.5 Å². The van der Waals surface area contributed by atoms with Crippen LogP contribution in [0.1, 0.15) is 5.82 Å². The number of methoxy groups -OCH3 is 1. The van der Waals surface area contributed by atoms with E-state index in [1.165, 1.54) is 11.4 Å². The van der Waals surface area contributed by atoms with Crippen LogP contribution in [0.5, 0.6) is 5.75 Å². The average molecular weight is 391 g/mol. The molecular formula is C24H17N5O. The summed E-state index contributed by atoms with van der Waals surface area (Å²) in [5, 5.41) is 5.34. The van der Waals surface area contributed by atoms with E-state index in [0.717, 1.165) is 33.2 Å². The van der Waals surface area contributed by atoms with Gasteiger partial charge in [0, 0.05) is 34.2 Å². The van der Waals surface area contributed by atoms with Gasteiger partial charge in [-0.25, -0.2) is 15.0 Å². The molecule has 144 valence electrons. The van der Waals surface area contributed by atoms with Gasteiger partial charge in [-0.05, 0) is 54.5 Å². The molecule has 1 aliphatic carbocycles. The zero-order chi connectivity index (χ0) is 20.5. The Balaban J connectivity index is 0.000000272. The largest absolute Gasteiger partial charge is 0.497 e. The molecule has 3 heterocycles. The minimum absolute atomic E-state index is 0.334. The molecule has 2 N–H and O–H groups in total. The number of ether oxygens (including phenoxy) is 1. The summed E-state index contributed by atoms with van der Waals surface area (Å²) in [7, 11) is 1.62. The van der Waals surface area contributed by atoms with Gasteiger partial charge in [0.15, 0.2) is 0 Å². The van der Waals surface area contributed by atoms with Gasteiger partial charge in [-0.15, -0.1) is 6.42 Å². The van der Waals surface area contributed by atoms with Crippen molar-refractivity contribution in [3.8, 4) is 29.5 Å². The highest BCUT2D eigenvalue weighted by Gasteiger charge is 2.11. The molecule has 0 amide bonds. The van der Waals surface area contributed by atoms with E-state index in [9.17, 15) is 0 Å². The Bertz CT molecular complexity index is 1410. The molecular weight excluding hydrogens is 374 g/mol. The number of fused-ring (bicyclic) bond motifs is 3. The third-order valence-corrected chi connectivity index (χ3v) is 4.81. The molecule has 2 aromatic carbocycles. The van der Waals surface area contributed by atoms with Crippen LogP contribution < -0.4 is 10.1 Å². The van der Waals surface area contributed by atoms with Gasteiger partial charge in [0.05, 0.1) is 24.0 Å². The fourth-order valence-electron chi connectivity index (χ4n) is 3.24. The van der Waals surface area contributed by atoms with Crippen molar-refractivity contribution < 1.29 is 4.74 Å².